The normalized spacial score (nSPS) is 12.4. The van der Waals surface area contributed by atoms with E-state index in [2.05, 4.69) is 41.4 Å². The molecule has 21 heavy (non-hydrogen) atoms. The Morgan fingerprint density at radius 1 is 1.24 bits per heavy atom. The maximum atomic E-state index is 12.2. The molecule has 112 valence electrons. The van der Waals surface area contributed by atoms with Crippen molar-refractivity contribution in [3.8, 4) is 0 Å². The molecule has 1 amide bonds. The van der Waals surface area contributed by atoms with Crippen molar-refractivity contribution in [2.75, 3.05) is 5.32 Å². The van der Waals surface area contributed by atoms with E-state index in [9.17, 15) is 4.79 Å². The lowest BCUT2D eigenvalue weighted by Crippen LogP contribution is -2.21. The van der Waals surface area contributed by atoms with Gasteiger partial charge in [-0.3, -0.25) is 10.1 Å². The van der Waals surface area contributed by atoms with Crippen LogP contribution in [0.4, 0.5) is 5.95 Å². The third-order valence-corrected chi connectivity index (χ3v) is 3.46. The van der Waals surface area contributed by atoms with Gasteiger partial charge in [-0.05, 0) is 30.4 Å². The van der Waals surface area contributed by atoms with Crippen LogP contribution in [0.3, 0.4) is 0 Å². The molecule has 0 saturated carbocycles. The SMILES string of the molecule is CC(C)Cc1ccc([C@H](C)C(=O)Nc2ncnn2C)cc1. The molecular weight excluding hydrogens is 264 g/mol. The van der Waals surface area contributed by atoms with Crippen LogP contribution in [0, 0.1) is 5.92 Å². The summed E-state index contributed by atoms with van der Waals surface area (Å²) in [6.45, 7) is 6.29. The van der Waals surface area contributed by atoms with E-state index >= 15 is 0 Å². The molecule has 0 aliphatic heterocycles. The number of anilines is 1. The average molecular weight is 286 g/mol. The lowest BCUT2D eigenvalue weighted by atomic mass is 9.96. The Bertz CT molecular complexity index is 601. The number of aromatic nitrogens is 3. The number of nitrogens with one attached hydrogen (secondary N) is 1. The Labute approximate surface area is 125 Å². The Hall–Kier alpha value is -2.17. The van der Waals surface area contributed by atoms with E-state index in [1.165, 1.54) is 16.6 Å². The van der Waals surface area contributed by atoms with Gasteiger partial charge in [-0.15, -0.1) is 0 Å². The lowest BCUT2D eigenvalue weighted by molar-refractivity contribution is -0.117. The van der Waals surface area contributed by atoms with Crippen LogP contribution in [0.25, 0.3) is 0 Å². The Morgan fingerprint density at radius 2 is 1.90 bits per heavy atom. The largest absolute Gasteiger partial charge is 0.294 e. The third kappa shape index (κ3) is 3.90. The highest BCUT2D eigenvalue weighted by molar-refractivity contribution is 5.94. The molecule has 0 aliphatic rings. The van der Waals surface area contributed by atoms with Crippen molar-refractivity contribution < 1.29 is 4.79 Å². The molecule has 0 fully saturated rings. The zero-order chi connectivity index (χ0) is 15.4. The van der Waals surface area contributed by atoms with Gasteiger partial charge in [-0.2, -0.15) is 10.1 Å². The number of nitrogens with zero attached hydrogens (tertiary/aromatic N) is 3. The highest BCUT2D eigenvalue weighted by Crippen LogP contribution is 2.19. The number of aryl methyl sites for hydroxylation is 1. The first kappa shape index (κ1) is 15.2. The summed E-state index contributed by atoms with van der Waals surface area (Å²) in [6, 6.07) is 8.25. The molecule has 1 aromatic heterocycles. The van der Waals surface area contributed by atoms with Gasteiger partial charge in [0.05, 0.1) is 5.92 Å². The van der Waals surface area contributed by atoms with Crippen LogP contribution in [0.5, 0.6) is 0 Å². The molecule has 0 bridgehead atoms. The molecule has 5 heteroatoms. The molecule has 0 unspecified atom stereocenters. The molecule has 1 N–H and O–H groups in total. The number of hydrogen-bond donors (Lipinski definition) is 1. The van der Waals surface area contributed by atoms with Crippen molar-refractivity contribution >= 4 is 11.9 Å². The summed E-state index contributed by atoms with van der Waals surface area (Å²) >= 11 is 0. The van der Waals surface area contributed by atoms with E-state index in [1.807, 2.05) is 19.1 Å². The summed E-state index contributed by atoms with van der Waals surface area (Å²) in [5.74, 6) is 0.785. The molecule has 1 heterocycles. The zero-order valence-electron chi connectivity index (χ0n) is 13.0. The Kier molecular flexibility index (Phi) is 4.73. The van der Waals surface area contributed by atoms with Gasteiger partial charge in [0.25, 0.3) is 0 Å². The predicted octanol–water partition coefficient (Wildman–Crippen LogP) is 2.76. The van der Waals surface area contributed by atoms with Gasteiger partial charge in [0.2, 0.25) is 11.9 Å². The minimum absolute atomic E-state index is 0.0808. The van der Waals surface area contributed by atoms with Crippen LogP contribution in [0.1, 0.15) is 37.8 Å². The van der Waals surface area contributed by atoms with Crippen LogP contribution >= 0.6 is 0 Å². The van der Waals surface area contributed by atoms with Crippen molar-refractivity contribution in [1.82, 2.24) is 14.8 Å². The van der Waals surface area contributed by atoms with Crippen molar-refractivity contribution in [2.45, 2.75) is 33.1 Å². The molecule has 1 atom stereocenters. The monoisotopic (exact) mass is 286 g/mol. The first-order valence-electron chi connectivity index (χ1n) is 7.21. The lowest BCUT2D eigenvalue weighted by Gasteiger charge is -2.13. The Balaban J connectivity index is 2.03. The number of carbonyl (C=O) groups is 1. The molecule has 0 saturated heterocycles. The second-order valence-electron chi connectivity index (χ2n) is 5.76. The molecule has 2 aromatic rings. The van der Waals surface area contributed by atoms with Gasteiger partial charge < -0.3 is 0 Å². The maximum absolute atomic E-state index is 12.2. The van der Waals surface area contributed by atoms with Crippen LogP contribution in [-0.2, 0) is 18.3 Å². The smallest absolute Gasteiger partial charge is 0.233 e. The van der Waals surface area contributed by atoms with E-state index < -0.39 is 0 Å². The summed E-state index contributed by atoms with van der Waals surface area (Å²) < 4.78 is 1.54. The summed E-state index contributed by atoms with van der Waals surface area (Å²) in [5, 5.41) is 6.72. The molecular formula is C16H22N4O. The van der Waals surface area contributed by atoms with Crippen LogP contribution in [0.15, 0.2) is 30.6 Å². The average Bonchev–Trinajstić information content (AvgIpc) is 2.83. The van der Waals surface area contributed by atoms with E-state index in [1.54, 1.807) is 7.05 Å². The minimum Gasteiger partial charge on any atom is -0.294 e. The first-order chi connectivity index (χ1) is 9.97. The number of hydrogen-bond acceptors (Lipinski definition) is 3. The number of amides is 1. The van der Waals surface area contributed by atoms with Crippen LogP contribution in [0.2, 0.25) is 0 Å². The fraction of sp³-hybridized carbons (Fsp3) is 0.438. The molecule has 5 nitrogen and oxygen atoms in total. The highest BCUT2D eigenvalue weighted by Gasteiger charge is 2.17. The minimum atomic E-state index is -0.227. The second kappa shape index (κ2) is 6.52. The van der Waals surface area contributed by atoms with Gasteiger partial charge >= 0.3 is 0 Å². The third-order valence-electron chi connectivity index (χ3n) is 3.46. The van der Waals surface area contributed by atoms with Gasteiger partial charge in [0.1, 0.15) is 6.33 Å². The van der Waals surface area contributed by atoms with Gasteiger partial charge in [0.15, 0.2) is 0 Å². The maximum Gasteiger partial charge on any atom is 0.233 e. The molecule has 1 aromatic carbocycles. The van der Waals surface area contributed by atoms with E-state index in [-0.39, 0.29) is 11.8 Å². The van der Waals surface area contributed by atoms with Crippen molar-refractivity contribution in [3.63, 3.8) is 0 Å². The van der Waals surface area contributed by atoms with Crippen molar-refractivity contribution in [2.24, 2.45) is 13.0 Å². The molecule has 2 rings (SSSR count). The molecule has 0 aliphatic carbocycles. The molecule has 0 radical (unpaired) electrons. The topological polar surface area (TPSA) is 59.8 Å². The summed E-state index contributed by atoms with van der Waals surface area (Å²) in [7, 11) is 1.74. The predicted molar refractivity (Wildman–Crippen MR) is 83.0 cm³/mol. The standard InChI is InChI=1S/C16H22N4O/c1-11(2)9-13-5-7-14(8-6-13)12(3)15(21)19-16-17-10-18-20(16)4/h5-8,10-12H,9H2,1-4H3,(H,17,18,19,21)/t12-/m0/s1. The van der Waals surface area contributed by atoms with Gasteiger partial charge in [-0.25, -0.2) is 4.68 Å². The summed E-state index contributed by atoms with van der Waals surface area (Å²) in [4.78, 5) is 16.2. The van der Waals surface area contributed by atoms with E-state index in [0.717, 1.165) is 12.0 Å². The van der Waals surface area contributed by atoms with Crippen molar-refractivity contribution in [1.29, 1.82) is 0 Å². The quantitative estimate of drug-likeness (QED) is 0.919. The number of benzene rings is 1. The highest BCUT2D eigenvalue weighted by atomic mass is 16.2. The summed E-state index contributed by atoms with van der Waals surface area (Å²) in [5.41, 5.74) is 2.30. The molecule has 0 spiro atoms. The Morgan fingerprint density at radius 3 is 2.43 bits per heavy atom. The summed E-state index contributed by atoms with van der Waals surface area (Å²) in [6.07, 6.45) is 2.47. The number of rotatable bonds is 5. The van der Waals surface area contributed by atoms with E-state index in [0.29, 0.717) is 11.9 Å². The van der Waals surface area contributed by atoms with Crippen molar-refractivity contribution in [3.05, 3.63) is 41.7 Å². The van der Waals surface area contributed by atoms with E-state index in [4.69, 9.17) is 0 Å². The number of carbonyl (C=O) groups excluding carboxylic acids is 1. The van der Waals surface area contributed by atoms with Crippen LogP contribution in [-0.4, -0.2) is 20.7 Å². The zero-order valence-corrected chi connectivity index (χ0v) is 13.0. The van der Waals surface area contributed by atoms with Gasteiger partial charge in [0, 0.05) is 7.05 Å². The van der Waals surface area contributed by atoms with Crippen LogP contribution < -0.4 is 5.32 Å². The van der Waals surface area contributed by atoms with Gasteiger partial charge in [-0.1, -0.05) is 38.1 Å². The first-order valence-corrected chi connectivity index (χ1v) is 7.21. The fourth-order valence-electron chi connectivity index (χ4n) is 2.19. The second-order valence-corrected chi connectivity index (χ2v) is 5.76. The fourth-order valence-corrected chi connectivity index (χ4v) is 2.19.